The van der Waals surface area contributed by atoms with Crippen LogP contribution in [-0.4, -0.2) is 31.7 Å². The van der Waals surface area contributed by atoms with Crippen molar-refractivity contribution in [1.82, 2.24) is 4.31 Å². The first kappa shape index (κ1) is 21.5. The van der Waals surface area contributed by atoms with Gasteiger partial charge in [-0.05, 0) is 49.4 Å². The zero-order valence-corrected chi connectivity index (χ0v) is 18.0. The van der Waals surface area contributed by atoms with Gasteiger partial charge in [0.1, 0.15) is 0 Å². The number of hydrogen-bond donors (Lipinski definition) is 1. The third kappa shape index (κ3) is 5.06. The minimum absolute atomic E-state index is 0.103. The third-order valence-electron chi connectivity index (χ3n) is 5.52. The summed E-state index contributed by atoms with van der Waals surface area (Å²) >= 11 is 0. The summed E-state index contributed by atoms with van der Waals surface area (Å²) in [6.45, 7) is 5.06. The monoisotopic (exact) mass is 414 g/mol. The summed E-state index contributed by atoms with van der Waals surface area (Å²) < 4.78 is 27.6. The molecule has 156 valence electrons. The molecule has 0 radical (unpaired) electrons. The molecule has 0 saturated carbocycles. The van der Waals surface area contributed by atoms with Crippen LogP contribution in [0.2, 0.25) is 0 Å². The number of carbonyl (C=O) groups excluding carboxylic acids is 1. The van der Waals surface area contributed by atoms with Crippen molar-refractivity contribution >= 4 is 21.6 Å². The third-order valence-corrected chi connectivity index (χ3v) is 7.41. The molecule has 6 heteroatoms. The van der Waals surface area contributed by atoms with Crippen LogP contribution in [0.4, 0.5) is 5.69 Å². The summed E-state index contributed by atoms with van der Waals surface area (Å²) in [5, 5.41) is 2.99. The second-order valence-electron chi connectivity index (χ2n) is 7.68. The number of nitrogens with one attached hydrogen (secondary N) is 1. The number of hydrogen-bond acceptors (Lipinski definition) is 3. The van der Waals surface area contributed by atoms with Gasteiger partial charge in [-0.25, -0.2) is 8.42 Å². The number of nitrogens with zero attached hydrogens (tertiary/aromatic N) is 1. The highest BCUT2D eigenvalue weighted by molar-refractivity contribution is 7.89. The van der Waals surface area contributed by atoms with E-state index >= 15 is 0 Å². The Morgan fingerprint density at radius 2 is 1.76 bits per heavy atom. The molecule has 1 fully saturated rings. The van der Waals surface area contributed by atoms with Crippen molar-refractivity contribution in [2.75, 3.05) is 18.4 Å². The molecule has 1 atom stereocenters. The molecule has 5 nitrogen and oxygen atoms in total. The molecule has 1 aliphatic rings. The van der Waals surface area contributed by atoms with E-state index in [1.807, 2.05) is 37.3 Å². The molecule has 1 heterocycles. The average Bonchev–Trinajstić information content (AvgIpc) is 2.74. The van der Waals surface area contributed by atoms with Crippen LogP contribution in [0.3, 0.4) is 0 Å². The molecule has 29 heavy (non-hydrogen) atoms. The first-order valence-electron chi connectivity index (χ1n) is 10.4. The van der Waals surface area contributed by atoms with Crippen molar-refractivity contribution in [3.63, 3.8) is 0 Å². The number of piperidine rings is 1. The summed E-state index contributed by atoms with van der Waals surface area (Å²) in [4.78, 5) is 13.3. The molecule has 1 amide bonds. The van der Waals surface area contributed by atoms with Gasteiger partial charge >= 0.3 is 0 Å². The van der Waals surface area contributed by atoms with Gasteiger partial charge in [0.15, 0.2) is 0 Å². The normalized spacial score (nSPS) is 16.3. The molecule has 3 rings (SSSR count). The van der Waals surface area contributed by atoms with Crippen molar-refractivity contribution < 1.29 is 13.2 Å². The highest BCUT2D eigenvalue weighted by Gasteiger charge is 2.27. The Kier molecular flexibility index (Phi) is 7.09. The minimum atomic E-state index is -3.54. The number of carbonyl (C=O) groups is 1. The van der Waals surface area contributed by atoms with Crippen LogP contribution in [-0.2, 0) is 14.8 Å². The molecule has 1 saturated heterocycles. The largest absolute Gasteiger partial charge is 0.325 e. The van der Waals surface area contributed by atoms with Crippen LogP contribution in [0.15, 0.2) is 53.4 Å². The lowest BCUT2D eigenvalue weighted by atomic mass is 9.93. The predicted octanol–water partition coefficient (Wildman–Crippen LogP) is 4.69. The summed E-state index contributed by atoms with van der Waals surface area (Å²) in [5.41, 5.74) is 2.38. The number of sulfonamides is 1. The zero-order valence-electron chi connectivity index (χ0n) is 17.2. The van der Waals surface area contributed by atoms with E-state index in [4.69, 9.17) is 0 Å². The van der Waals surface area contributed by atoms with Gasteiger partial charge in [-0.1, -0.05) is 56.2 Å². The summed E-state index contributed by atoms with van der Waals surface area (Å²) in [7, 11) is -3.54. The SMILES string of the molecule is CCCC(C(=O)Nc1cc(S(=O)(=O)N2CCCCC2)ccc1C)c1ccccc1. The van der Waals surface area contributed by atoms with Crippen LogP contribution in [0.1, 0.15) is 56.1 Å². The van der Waals surface area contributed by atoms with E-state index in [9.17, 15) is 13.2 Å². The number of aryl methyl sites for hydroxylation is 1. The minimum Gasteiger partial charge on any atom is -0.325 e. The number of anilines is 1. The molecule has 1 unspecified atom stereocenters. The van der Waals surface area contributed by atoms with E-state index in [-0.39, 0.29) is 16.7 Å². The molecule has 2 aromatic rings. The second-order valence-corrected chi connectivity index (χ2v) is 9.62. The quantitative estimate of drug-likeness (QED) is 0.715. The topological polar surface area (TPSA) is 66.5 Å². The molecule has 0 aliphatic carbocycles. The van der Waals surface area contributed by atoms with Crippen LogP contribution < -0.4 is 5.32 Å². The van der Waals surface area contributed by atoms with Crippen molar-refractivity contribution in [2.24, 2.45) is 0 Å². The maximum absolute atomic E-state index is 13.0. The van der Waals surface area contributed by atoms with Gasteiger partial charge in [0.25, 0.3) is 0 Å². The first-order valence-corrected chi connectivity index (χ1v) is 11.8. The lowest BCUT2D eigenvalue weighted by Crippen LogP contribution is -2.35. The van der Waals surface area contributed by atoms with E-state index in [1.165, 1.54) is 0 Å². The fourth-order valence-corrected chi connectivity index (χ4v) is 5.34. The van der Waals surface area contributed by atoms with Gasteiger partial charge in [0.2, 0.25) is 15.9 Å². The summed E-state index contributed by atoms with van der Waals surface area (Å²) in [6.07, 6.45) is 4.48. The lowest BCUT2D eigenvalue weighted by molar-refractivity contribution is -0.117. The van der Waals surface area contributed by atoms with Crippen molar-refractivity contribution in [2.45, 2.75) is 56.8 Å². The van der Waals surface area contributed by atoms with Crippen LogP contribution in [0.25, 0.3) is 0 Å². The summed E-state index contributed by atoms with van der Waals surface area (Å²) in [5.74, 6) is -0.364. The van der Waals surface area contributed by atoms with Crippen molar-refractivity contribution in [3.8, 4) is 0 Å². The molecule has 0 spiro atoms. The smallest absolute Gasteiger partial charge is 0.243 e. The van der Waals surface area contributed by atoms with E-state index in [0.717, 1.165) is 43.2 Å². The van der Waals surface area contributed by atoms with Crippen LogP contribution in [0, 0.1) is 6.92 Å². The van der Waals surface area contributed by atoms with Gasteiger partial charge in [-0.3, -0.25) is 4.79 Å². The Morgan fingerprint density at radius 3 is 2.41 bits per heavy atom. The van der Waals surface area contributed by atoms with Crippen molar-refractivity contribution in [1.29, 1.82) is 0 Å². The number of benzene rings is 2. The molecule has 1 N–H and O–H groups in total. The molecule has 1 aliphatic heterocycles. The van der Waals surface area contributed by atoms with Crippen LogP contribution >= 0.6 is 0 Å². The number of amides is 1. The Hall–Kier alpha value is -2.18. The average molecular weight is 415 g/mol. The fourth-order valence-electron chi connectivity index (χ4n) is 3.79. The van der Waals surface area contributed by atoms with E-state index in [0.29, 0.717) is 18.8 Å². The lowest BCUT2D eigenvalue weighted by Gasteiger charge is -2.26. The Bertz CT molecular complexity index is 936. The van der Waals surface area contributed by atoms with Gasteiger partial charge in [0.05, 0.1) is 10.8 Å². The van der Waals surface area contributed by atoms with Gasteiger partial charge < -0.3 is 5.32 Å². The highest BCUT2D eigenvalue weighted by Crippen LogP contribution is 2.28. The summed E-state index contributed by atoms with van der Waals surface area (Å²) in [6, 6.07) is 14.7. The van der Waals surface area contributed by atoms with E-state index < -0.39 is 10.0 Å². The maximum atomic E-state index is 13.0. The van der Waals surface area contributed by atoms with Gasteiger partial charge in [-0.15, -0.1) is 0 Å². The molecular formula is C23H30N2O3S. The number of rotatable bonds is 7. The second kappa shape index (κ2) is 9.55. The Balaban J connectivity index is 1.85. The van der Waals surface area contributed by atoms with E-state index in [1.54, 1.807) is 22.5 Å². The standard InChI is InChI=1S/C23H30N2O3S/c1-3-10-21(19-11-6-4-7-12-19)23(26)24-22-17-20(14-13-18(22)2)29(27,28)25-15-8-5-9-16-25/h4,6-7,11-14,17,21H,3,5,8-10,15-16H2,1-2H3,(H,24,26). The van der Waals surface area contributed by atoms with Crippen molar-refractivity contribution in [3.05, 3.63) is 59.7 Å². The Morgan fingerprint density at radius 1 is 1.07 bits per heavy atom. The molecule has 0 aromatic heterocycles. The molecular weight excluding hydrogens is 384 g/mol. The maximum Gasteiger partial charge on any atom is 0.243 e. The predicted molar refractivity (Wildman–Crippen MR) is 117 cm³/mol. The fraction of sp³-hybridized carbons (Fsp3) is 0.435. The van der Waals surface area contributed by atoms with Gasteiger partial charge in [0, 0.05) is 18.8 Å². The zero-order chi connectivity index (χ0) is 20.9. The highest BCUT2D eigenvalue weighted by atomic mass is 32.2. The molecule has 2 aromatic carbocycles. The molecule has 0 bridgehead atoms. The van der Waals surface area contributed by atoms with Crippen LogP contribution in [0.5, 0.6) is 0 Å². The van der Waals surface area contributed by atoms with Gasteiger partial charge in [-0.2, -0.15) is 4.31 Å². The first-order chi connectivity index (χ1) is 13.9. The Labute approximate surface area is 174 Å². The van der Waals surface area contributed by atoms with E-state index in [2.05, 4.69) is 12.2 Å².